The van der Waals surface area contributed by atoms with Crippen molar-refractivity contribution in [2.75, 3.05) is 19.8 Å². The third-order valence-electron chi connectivity index (χ3n) is 5.92. The molecule has 1 amide bonds. The van der Waals surface area contributed by atoms with Gasteiger partial charge in [-0.1, -0.05) is 54.6 Å². The van der Waals surface area contributed by atoms with Crippen LogP contribution in [0.4, 0.5) is 4.39 Å². The molecular formula is C27H29FN2O3. The Morgan fingerprint density at radius 2 is 1.91 bits per heavy atom. The molecule has 172 valence electrons. The Balaban J connectivity index is 1.46. The third kappa shape index (κ3) is 5.47. The molecule has 0 fully saturated rings. The van der Waals surface area contributed by atoms with E-state index < -0.39 is 23.9 Å². The van der Waals surface area contributed by atoms with Crippen LogP contribution in [0.2, 0.25) is 0 Å². The molecule has 0 unspecified atom stereocenters. The Hall–Kier alpha value is -3.06. The van der Waals surface area contributed by atoms with Gasteiger partial charge in [-0.15, -0.1) is 0 Å². The summed E-state index contributed by atoms with van der Waals surface area (Å²) in [6.45, 7) is 4.70. The van der Waals surface area contributed by atoms with Gasteiger partial charge in [-0.25, -0.2) is 4.39 Å². The second kappa shape index (κ2) is 10.7. The van der Waals surface area contributed by atoms with E-state index >= 15 is 0 Å². The van der Waals surface area contributed by atoms with Crippen molar-refractivity contribution in [2.45, 2.75) is 32.0 Å². The lowest BCUT2D eigenvalue weighted by Crippen LogP contribution is -2.34. The van der Waals surface area contributed by atoms with Crippen molar-refractivity contribution in [1.29, 1.82) is 0 Å². The number of rotatable bonds is 9. The second-order valence-electron chi connectivity index (χ2n) is 8.19. The van der Waals surface area contributed by atoms with E-state index in [0.717, 1.165) is 28.8 Å². The first-order chi connectivity index (χ1) is 16.1. The van der Waals surface area contributed by atoms with Gasteiger partial charge < -0.3 is 20.5 Å². The molecule has 2 atom stereocenters. The van der Waals surface area contributed by atoms with Crippen LogP contribution in [-0.4, -0.2) is 36.9 Å². The number of fused-ring (bicyclic) bond motifs is 1. The number of carbonyl (C=O) groups is 1. The van der Waals surface area contributed by atoms with Gasteiger partial charge in [0.15, 0.2) is 0 Å². The summed E-state index contributed by atoms with van der Waals surface area (Å²) in [7, 11) is 0. The fourth-order valence-corrected chi connectivity index (χ4v) is 4.20. The number of benzene rings is 3. The fourth-order valence-electron chi connectivity index (χ4n) is 4.20. The number of aliphatic hydroxyl groups is 1. The number of amides is 1. The van der Waals surface area contributed by atoms with E-state index in [1.54, 1.807) is 6.07 Å². The number of nitrogens with one attached hydrogen (secondary N) is 2. The molecule has 0 aromatic heterocycles. The van der Waals surface area contributed by atoms with Gasteiger partial charge in [-0.2, -0.15) is 0 Å². The number of aliphatic hydroxyl groups excluding tert-OH is 1. The Bertz CT molecular complexity index is 1100. The second-order valence-corrected chi connectivity index (χ2v) is 8.19. The zero-order chi connectivity index (χ0) is 23.2. The van der Waals surface area contributed by atoms with Gasteiger partial charge in [0.2, 0.25) is 0 Å². The molecule has 1 aliphatic rings. The zero-order valence-corrected chi connectivity index (χ0v) is 18.7. The van der Waals surface area contributed by atoms with Gasteiger partial charge in [0.25, 0.3) is 5.91 Å². The summed E-state index contributed by atoms with van der Waals surface area (Å²) in [5.41, 5.74) is 4.47. The number of carbonyl (C=O) groups excluding carboxylic acids is 1. The summed E-state index contributed by atoms with van der Waals surface area (Å²) in [6.07, 6.45) is -0.301. The molecule has 3 aromatic rings. The van der Waals surface area contributed by atoms with Crippen LogP contribution in [0.3, 0.4) is 0 Å². The summed E-state index contributed by atoms with van der Waals surface area (Å²) >= 11 is 0. The molecule has 0 bridgehead atoms. The van der Waals surface area contributed by atoms with Crippen molar-refractivity contribution in [3.05, 3.63) is 94.8 Å². The van der Waals surface area contributed by atoms with Gasteiger partial charge in [0, 0.05) is 26.1 Å². The minimum atomic E-state index is -0.753. The highest BCUT2D eigenvalue weighted by Crippen LogP contribution is 2.33. The van der Waals surface area contributed by atoms with Gasteiger partial charge in [0.05, 0.1) is 24.3 Å². The van der Waals surface area contributed by atoms with Crippen molar-refractivity contribution in [3.63, 3.8) is 0 Å². The fraction of sp³-hybridized carbons (Fsp3) is 0.296. The maximum Gasteiger partial charge on any atom is 0.254 e. The van der Waals surface area contributed by atoms with Crippen molar-refractivity contribution in [2.24, 2.45) is 0 Å². The van der Waals surface area contributed by atoms with Crippen LogP contribution < -0.4 is 10.6 Å². The molecule has 3 N–H and O–H groups in total. The first-order valence-corrected chi connectivity index (χ1v) is 11.3. The van der Waals surface area contributed by atoms with E-state index in [0.29, 0.717) is 31.7 Å². The largest absolute Gasteiger partial charge is 0.390 e. The van der Waals surface area contributed by atoms with Crippen molar-refractivity contribution in [1.82, 2.24) is 10.6 Å². The minimum absolute atomic E-state index is 0.0379. The van der Waals surface area contributed by atoms with Crippen molar-refractivity contribution < 1.29 is 19.0 Å². The summed E-state index contributed by atoms with van der Waals surface area (Å²) in [4.78, 5) is 12.9. The summed E-state index contributed by atoms with van der Waals surface area (Å²) in [6, 6.07) is 19.5. The lowest BCUT2D eigenvalue weighted by molar-refractivity contribution is 0.0854. The molecule has 4 rings (SSSR count). The maximum atomic E-state index is 14.8. The molecule has 0 saturated carbocycles. The minimum Gasteiger partial charge on any atom is -0.390 e. The first kappa shape index (κ1) is 23.1. The third-order valence-corrected chi connectivity index (χ3v) is 5.92. The van der Waals surface area contributed by atoms with Gasteiger partial charge in [-0.3, -0.25) is 4.79 Å². The quantitative estimate of drug-likeness (QED) is 0.433. The Labute approximate surface area is 193 Å². The average Bonchev–Trinajstić information content (AvgIpc) is 3.13. The van der Waals surface area contributed by atoms with Gasteiger partial charge in [-0.05, 0) is 46.9 Å². The maximum absolute atomic E-state index is 14.8. The van der Waals surface area contributed by atoms with Crippen LogP contribution in [0.5, 0.6) is 0 Å². The lowest BCUT2D eigenvalue weighted by atomic mass is 10.0. The molecule has 0 radical (unpaired) electrons. The van der Waals surface area contributed by atoms with E-state index in [-0.39, 0.29) is 5.56 Å². The Kier molecular flexibility index (Phi) is 7.50. The highest BCUT2D eigenvalue weighted by Gasteiger charge is 2.33. The molecule has 0 heterocycles. The molecule has 0 aliphatic heterocycles. The molecule has 33 heavy (non-hydrogen) atoms. The van der Waals surface area contributed by atoms with E-state index in [2.05, 4.69) is 10.6 Å². The Morgan fingerprint density at radius 1 is 1.09 bits per heavy atom. The van der Waals surface area contributed by atoms with Crippen LogP contribution in [0, 0.1) is 5.82 Å². The highest BCUT2D eigenvalue weighted by molar-refractivity contribution is 5.95. The predicted octanol–water partition coefficient (Wildman–Crippen LogP) is 4.01. The number of ether oxygens (including phenoxy) is 1. The topological polar surface area (TPSA) is 70.6 Å². The summed E-state index contributed by atoms with van der Waals surface area (Å²) in [5, 5.41) is 16.8. The van der Waals surface area contributed by atoms with Crippen LogP contribution in [-0.2, 0) is 17.7 Å². The molecule has 3 aromatic carbocycles. The van der Waals surface area contributed by atoms with E-state index in [9.17, 15) is 14.3 Å². The first-order valence-electron chi connectivity index (χ1n) is 11.3. The number of hydrogen-bond acceptors (Lipinski definition) is 4. The van der Waals surface area contributed by atoms with E-state index in [1.165, 1.54) is 12.1 Å². The summed E-state index contributed by atoms with van der Waals surface area (Å²) in [5.74, 6) is -1.13. The predicted molar refractivity (Wildman–Crippen MR) is 126 cm³/mol. The molecular weight excluding hydrogens is 419 g/mol. The van der Waals surface area contributed by atoms with Crippen LogP contribution >= 0.6 is 0 Å². The molecule has 6 heteroatoms. The van der Waals surface area contributed by atoms with Crippen LogP contribution in [0.1, 0.15) is 40.0 Å². The highest BCUT2D eigenvalue weighted by atomic mass is 19.1. The molecule has 1 aliphatic carbocycles. The lowest BCUT2D eigenvalue weighted by Gasteiger charge is -2.19. The van der Waals surface area contributed by atoms with E-state index in [4.69, 9.17) is 4.74 Å². The number of hydrogen-bond donors (Lipinski definition) is 3. The van der Waals surface area contributed by atoms with E-state index in [1.807, 2.05) is 55.5 Å². The van der Waals surface area contributed by atoms with Crippen molar-refractivity contribution >= 4 is 5.91 Å². The average molecular weight is 449 g/mol. The monoisotopic (exact) mass is 448 g/mol. The van der Waals surface area contributed by atoms with Crippen LogP contribution in [0.25, 0.3) is 11.1 Å². The standard InChI is InChI=1S/C27H29FN2O3/c1-2-33-13-12-29-17-18-8-9-21-16-25(31)26(23(21)14-18)30-27(32)22-11-10-20(15-24(22)28)19-6-4-3-5-7-19/h3-11,14-15,25-26,29,31H,2,12-13,16-17H2,1H3,(H,30,32)/t25-,26-/m1/s1. The normalized spacial score (nSPS) is 17.1. The van der Waals surface area contributed by atoms with Gasteiger partial charge in [0.1, 0.15) is 5.82 Å². The van der Waals surface area contributed by atoms with Crippen molar-refractivity contribution in [3.8, 4) is 11.1 Å². The number of halogens is 1. The zero-order valence-electron chi connectivity index (χ0n) is 18.7. The molecule has 0 spiro atoms. The molecule has 0 saturated heterocycles. The smallest absolute Gasteiger partial charge is 0.254 e. The van der Waals surface area contributed by atoms with Gasteiger partial charge >= 0.3 is 0 Å². The summed E-state index contributed by atoms with van der Waals surface area (Å²) < 4.78 is 20.1. The SMILES string of the molecule is CCOCCNCc1ccc2c(c1)[C@@H](NC(=O)c1ccc(-c3ccccc3)cc1F)[C@H](O)C2. The Morgan fingerprint density at radius 3 is 2.67 bits per heavy atom. The van der Waals surface area contributed by atoms with Crippen LogP contribution in [0.15, 0.2) is 66.7 Å². The molecule has 5 nitrogen and oxygen atoms in total.